The van der Waals surface area contributed by atoms with Crippen LogP contribution in [-0.2, 0) is 12.8 Å². The van der Waals surface area contributed by atoms with Crippen molar-refractivity contribution in [1.29, 1.82) is 0 Å². The van der Waals surface area contributed by atoms with Gasteiger partial charge in [-0.2, -0.15) is 0 Å². The third kappa shape index (κ3) is 2.23. The summed E-state index contributed by atoms with van der Waals surface area (Å²) < 4.78 is 1.87. The van der Waals surface area contributed by atoms with Crippen molar-refractivity contribution < 1.29 is 0 Å². The molecule has 5 heteroatoms. The first-order valence-electron chi connectivity index (χ1n) is 7.96. The minimum absolute atomic E-state index is 0.181. The summed E-state index contributed by atoms with van der Waals surface area (Å²) in [6.07, 6.45) is 7.32. The van der Waals surface area contributed by atoms with Crippen LogP contribution in [0.25, 0.3) is 10.2 Å². The molecule has 21 heavy (non-hydrogen) atoms. The predicted octanol–water partition coefficient (Wildman–Crippen LogP) is 2.51. The number of nitrogens with one attached hydrogen (secondary N) is 1. The first kappa shape index (κ1) is 13.5. The summed E-state index contributed by atoms with van der Waals surface area (Å²) in [6, 6.07) is 0.265. The van der Waals surface area contributed by atoms with Gasteiger partial charge in [-0.15, -0.1) is 11.3 Å². The largest absolute Gasteiger partial charge is 0.315 e. The zero-order valence-electron chi connectivity index (χ0n) is 12.4. The van der Waals surface area contributed by atoms with Crippen LogP contribution in [0.15, 0.2) is 11.1 Å². The van der Waals surface area contributed by atoms with Gasteiger partial charge in [0.2, 0.25) is 0 Å². The van der Waals surface area contributed by atoms with Crippen molar-refractivity contribution in [3.05, 3.63) is 27.1 Å². The second-order valence-corrected chi connectivity index (χ2v) is 7.57. The lowest BCUT2D eigenvalue weighted by Gasteiger charge is -2.24. The maximum absolute atomic E-state index is 12.9. The van der Waals surface area contributed by atoms with E-state index in [1.54, 1.807) is 17.7 Å². The molecule has 1 fully saturated rings. The van der Waals surface area contributed by atoms with Crippen molar-refractivity contribution in [3.8, 4) is 0 Å². The normalized spacial score (nSPS) is 26.0. The Kier molecular flexibility index (Phi) is 3.34. The number of aryl methyl sites for hydroxylation is 1. The van der Waals surface area contributed by atoms with E-state index in [1.807, 2.05) is 4.57 Å². The molecule has 3 heterocycles. The molecule has 0 bridgehead atoms. The zero-order valence-corrected chi connectivity index (χ0v) is 13.2. The van der Waals surface area contributed by atoms with Gasteiger partial charge in [0.05, 0.1) is 17.8 Å². The summed E-state index contributed by atoms with van der Waals surface area (Å²) in [5, 5.41) is 4.30. The number of thiophene rings is 1. The van der Waals surface area contributed by atoms with Crippen molar-refractivity contribution >= 4 is 21.6 Å². The number of nitrogens with zero attached hydrogens (tertiary/aromatic N) is 2. The summed E-state index contributed by atoms with van der Waals surface area (Å²) in [7, 11) is 0. The minimum atomic E-state index is 0.181. The lowest BCUT2D eigenvalue weighted by atomic mass is 9.89. The fourth-order valence-corrected chi connectivity index (χ4v) is 5.02. The van der Waals surface area contributed by atoms with Gasteiger partial charge in [-0.05, 0) is 50.1 Å². The summed E-state index contributed by atoms with van der Waals surface area (Å²) in [4.78, 5) is 19.9. The zero-order chi connectivity index (χ0) is 14.4. The molecule has 1 aliphatic heterocycles. The molecule has 4 rings (SSSR count). The Hall–Kier alpha value is -1.20. The number of fused-ring (bicyclic) bond motifs is 3. The molecule has 0 amide bonds. The highest BCUT2D eigenvalue weighted by Crippen LogP contribution is 2.35. The Morgan fingerprint density at radius 3 is 3.14 bits per heavy atom. The van der Waals surface area contributed by atoms with E-state index >= 15 is 0 Å². The molecule has 2 aromatic rings. The van der Waals surface area contributed by atoms with Gasteiger partial charge in [0.15, 0.2) is 0 Å². The Balaban J connectivity index is 1.84. The molecule has 4 nitrogen and oxygen atoms in total. The second-order valence-electron chi connectivity index (χ2n) is 6.49. The summed E-state index contributed by atoms with van der Waals surface area (Å²) in [6.45, 7) is 4.25. The Bertz CT molecular complexity index is 727. The maximum Gasteiger partial charge on any atom is 0.262 e. The molecule has 0 spiro atoms. The van der Waals surface area contributed by atoms with Crippen LogP contribution in [0.3, 0.4) is 0 Å². The smallest absolute Gasteiger partial charge is 0.262 e. The molecule has 0 unspecified atom stereocenters. The topological polar surface area (TPSA) is 46.9 Å². The fraction of sp³-hybridized carbons (Fsp3) is 0.625. The molecule has 0 saturated carbocycles. The Labute approximate surface area is 128 Å². The predicted molar refractivity (Wildman–Crippen MR) is 86.2 cm³/mol. The fourth-order valence-electron chi connectivity index (χ4n) is 3.67. The second kappa shape index (κ2) is 5.21. The molecule has 1 saturated heterocycles. The molecule has 0 radical (unpaired) electrons. The van der Waals surface area contributed by atoms with Gasteiger partial charge >= 0.3 is 0 Å². The van der Waals surface area contributed by atoms with E-state index in [2.05, 4.69) is 17.2 Å². The average Bonchev–Trinajstić information content (AvgIpc) is 2.86. The van der Waals surface area contributed by atoms with Crippen molar-refractivity contribution in [2.75, 3.05) is 13.1 Å². The van der Waals surface area contributed by atoms with E-state index < -0.39 is 0 Å². The van der Waals surface area contributed by atoms with Crippen LogP contribution in [0, 0.1) is 5.92 Å². The third-order valence-corrected chi connectivity index (χ3v) is 6.07. The molecule has 1 N–H and O–H groups in total. The molecule has 2 aromatic heterocycles. The number of rotatable bonds is 1. The highest BCUT2D eigenvalue weighted by molar-refractivity contribution is 7.18. The van der Waals surface area contributed by atoms with Crippen LogP contribution in [-0.4, -0.2) is 22.6 Å². The van der Waals surface area contributed by atoms with Gasteiger partial charge in [0.1, 0.15) is 4.83 Å². The van der Waals surface area contributed by atoms with E-state index in [4.69, 9.17) is 0 Å². The van der Waals surface area contributed by atoms with Gasteiger partial charge in [0, 0.05) is 11.4 Å². The van der Waals surface area contributed by atoms with Crippen LogP contribution < -0.4 is 10.9 Å². The summed E-state index contributed by atoms with van der Waals surface area (Å²) >= 11 is 1.73. The van der Waals surface area contributed by atoms with E-state index in [9.17, 15) is 4.79 Å². The third-order valence-electron chi connectivity index (χ3n) is 4.91. The van der Waals surface area contributed by atoms with Crippen LogP contribution in [0.1, 0.15) is 42.7 Å². The molecular formula is C16H21N3OS. The van der Waals surface area contributed by atoms with Crippen molar-refractivity contribution in [2.45, 2.75) is 45.1 Å². The Morgan fingerprint density at radius 1 is 1.43 bits per heavy atom. The SMILES string of the molecule is C[C@H]1CCc2c(sc3ncn([C@@H]4CCCNC4)c(=O)c23)C1. The average molecular weight is 303 g/mol. The molecule has 2 aliphatic rings. The standard InChI is InChI=1S/C16H21N3OS/c1-10-4-5-12-13(7-10)21-15-14(12)16(20)19(9-18-15)11-3-2-6-17-8-11/h9-11,17H,2-8H2,1H3/t10-,11+/m0/s1. The minimum Gasteiger partial charge on any atom is -0.315 e. The van der Waals surface area contributed by atoms with E-state index in [0.29, 0.717) is 0 Å². The van der Waals surface area contributed by atoms with Gasteiger partial charge in [-0.1, -0.05) is 6.92 Å². The van der Waals surface area contributed by atoms with Crippen molar-refractivity contribution in [3.63, 3.8) is 0 Å². The first-order valence-corrected chi connectivity index (χ1v) is 8.78. The van der Waals surface area contributed by atoms with Gasteiger partial charge in [0.25, 0.3) is 5.56 Å². The van der Waals surface area contributed by atoms with E-state index in [1.165, 1.54) is 16.9 Å². The number of aromatic nitrogens is 2. The van der Waals surface area contributed by atoms with Gasteiger partial charge in [-0.25, -0.2) is 4.98 Å². The molecule has 2 atom stereocenters. The van der Waals surface area contributed by atoms with Gasteiger partial charge in [-0.3, -0.25) is 9.36 Å². The molecular weight excluding hydrogens is 282 g/mol. The summed E-state index contributed by atoms with van der Waals surface area (Å²) in [5.41, 5.74) is 1.48. The lowest BCUT2D eigenvalue weighted by Crippen LogP contribution is -2.36. The van der Waals surface area contributed by atoms with E-state index in [-0.39, 0.29) is 11.6 Å². The van der Waals surface area contributed by atoms with E-state index in [0.717, 1.165) is 54.9 Å². The van der Waals surface area contributed by atoms with Crippen LogP contribution in [0.4, 0.5) is 0 Å². The van der Waals surface area contributed by atoms with Crippen LogP contribution >= 0.6 is 11.3 Å². The lowest BCUT2D eigenvalue weighted by molar-refractivity contribution is 0.363. The van der Waals surface area contributed by atoms with Crippen LogP contribution in [0.5, 0.6) is 0 Å². The highest BCUT2D eigenvalue weighted by atomic mass is 32.1. The van der Waals surface area contributed by atoms with Crippen molar-refractivity contribution in [2.24, 2.45) is 5.92 Å². The molecule has 1 aliphatic carbocycles. The quantitative estimate of drug-likeness (QED) is 0.880. The number of hydrogen-bond donors (Lipinski definition) is 1. The maximum atomic E-state index is 12.9. The molecule has 0 aromatic carbocycles. The Morgan fingerprint density at radius 2 is 2.33 bits per heavy atom. The number of piperidine rings is 1. The summed E-state index contributed by atoms with van der Waals surface area (Å²) in [5.74, 6) is 0.732. The number of hydrogen-bond acceptors (Lipinski definition) is 4. The highest BCUT2D eigenvalue weighted by Gasteiger charge is 2.24. The molecule has 112 valence electrons. The van der Waals surface area contributed by atoms with Gasteiger partial charge < -0.3 is 5.32 Å². The van der Waals surface area contributed by atoms with Crippen molar-refractivity contribution in [1.82, 2.24) is 14.9 Å². The van der Waals surface area contributed by atoms with Crippen LogP contribution in [0.2, 0.25) is 0 Å². The monoisotopic (exact) mass is 303 g/mol. The first-order chi connectivity index (χ1) is 10.2.